The van der Waals surface area contributed by atoms with Crippen molar-refractivity contribution < 1.29 is 19.0 Å². The third kappa shape index (κ3) is 5.16. The van der Waals surface area contributed by atoms with Gasteiger partial charge >= 0.3 is 0 Å². The number of carbonyl (C=O) groups is 1. The number of nitrogens with one attached hydrogen (secondary N) is 1. The Morgan fingerprint density at radius 3 is 2.75 bits per heavy atom. The van der Waals surface area contributed by atoms with Gasteiger partial charge < -0.3 is 19.5 Å². The van der Waals surface area contributed by atoms with Gasteiger partial charge in [-0.15, -0.1) is 0 Å². The molecule has 2 heterocycles. The third-order valence-electron chi connectivity index (χ3n) is 5.92. The van der Waals surface area contributed by atoms with Crippen molar-refractivity contribution >= 4 is 5.91 Å². The molecule has 1 N–H and O–H groups in total. The Bertz CT molecular complexity index is 657. The third-order valence-corrected chi connectivity index (χ3v) is 5.92. The fraction of sp³-hybridized carbons (Fsp3) is 0.667. The lowest BCUT2D eigenvalue weighted by Gasteiger charge is -2.32. The number of benzene rings is 1. The van der Waals surface area contributed by atoms with E-state index in [9.17, 15) is 4.79 Å². The molecule has 0 spiro atoms. The summed E-state index contributed by atoms with van der Waals surface area (Å²) in [5.41, 5.74) is 1.03. The molecule has 154 valence electrons. The van der Waals surface area contributed by atoms with Crippen molar-refractivity contribution in [3.63, 3.8) is 0 Å². The molecule has 0 atom stereocenters. The molecule has 0 radical (unpaired) electrons. The minimum atomic E-state index is 0.0894. The first-order valence-corrected chi connectivity index (χ1v) is 10.5. The van der Waals surface area contributed by atoms with Gasteiger partial charge in [-0.05, 0) is 30.5 Å². The molecule has 28 heavy (non-hydrogen) atoms. The zero-order valence-electron chi connectivity index (χ0n) is 16.5. The van der Waals surface area contributed by atoms with E-state index in [4.69, 9.17) is 14.2 Å². The summed E-state index contributed by atoms with van der Waals surface area (Å²) < 4.78 is 16.2. The van der Waals surface area contributed by atoms with E-state index in [-0.39, 0.29) is 12.7 Å². The maximum absolute atomic E-state index is 12.6. The Hall–Kier alpha value is -1.83. The van der Waals surface area contributed by atoms with Crippen LogP contribution in [0, 0.1) is 0 Å². The summed E-state index contributed by atoms with van der Waals surface area (Å²) in [6, 6.07) is 6.35. The topological polar surface area (TPSA) is 63.3 Å². The highest BCUT2D eigenvalue weighted by atomic mass is 16.7. The van der Waals surface area contributed by atoms with Crippen LogP contribution in [0.4, 0.5) is 0 Å². The second kappa shape index (κ2) is 9.58. The van der Waals surface area contributed by atoms with Crippen molar-refractivity contribution in [2.24, 2.45) is 0 Å². The Morgan fingerprint density at radius 2 is 1.93 bits per heavy atom. The van der Waals surface area contributed by atoms with Crippen LogP contribution in [0.2, 0.25) is 0 Å². The molecule has 7 heteroatoms. The molecule has 2 aliphatic heterocycles. The van der Waals surface area contributed by atoms with Crippen molar-refractivity contribution in [1.82, 2.24) is 15.1 Å². The van der Waals surface area contributed by atoms with Gasteiger partial charge in [-0.25, -0.2) is 0 Å². The lowest BCUT2D eigenvalue weighted by molar-refractivity contribution is -0.123. The SMILES string of the molecule is O=C(CN(CCN1CCOCC1)C1CCCC1)NCc1ccc2c(c1)OCO2. The predicted molar refractivity (Wildman–Crippen MR) is 105 cm³/mol. The van der Waals surface area contributed by atoms with Crippen molar-refractivity contribution in [3.8, 4) is 11.5 Å². The van der Waals surface area contributed by atoms with Crippen LogP contribution in [-0.4, -0.2) is 74.5 Å². The molecular weight excluding hydrogens is 358 g/mol. The summed E-state index contributed by atoms with van der Waals surface area (Å²) in [6.45, 7) is 6.83. The molecule has 0 bridgehead atoms. The summed E-state index contributed by atoms with van der Waals surface area (Å²) >= 11 is 0. The predicted octanol–water partition coefficient (Wildman–Crippen LogP) is 1.61. The fourth-order valence-electron chi connectivity index (χ4n) is 4.25. The first-order valence-electron chi connectivity index (χ1n) is 10.5. The fourth-order valence-corrected chi connectivity index (χ4v) is 4.25. The Morgan fingerprint density at radius 1 is 1.14 bits per heavy atom. The number of ether oxygens (including phenoxy) is 3. The second-order valence-corrected chi connectivity index (χ2v) is 7.83. The largest absolute Gasteiger partial charge is 0.454 e. The van der Waals surface area contributed by atoms with E-state index >= 15 is 0 Å². The number of fused-ring (bicyclic) bond motifs is 1. The first-order chi connectivity index (χ1) is 13.8. The quantitative estimate of drug-likeness (QED) is 0.729. The van der Waals surface area contributed by atoms with E-state index in [1.807, 2.05) is 18.2 Å². The van der Waals surface area contributed by atoms with E-state index in [0.29, 0.717) is 19.1 Å². The van der Waals surface area contributed by atoms with Crippen LogP contribution in [0.15, 0.2) is 18.2 Å². The molecule has 1 saturated heterocycles. The van der Waals surface area contributed by atoms with Crippen LogP contribution in [0.25, 0.3) is 0 Å². The summed E-state index contributed by atoms with van der Waals surface area (Å²) in [5, 5.41) is 3.07. The molecule has 1 saturated carbocycles. The lowest BCUT2D eigenvalue weighted by Crippen LogP contribution is -2.47. The summed E-state index contributed by atoms with van der Waals surface area (Å²) in [7, 11) is 0. The summed E-state index contributed by atoms with van der Waals surface area (Å²) in [6.07, 6.45) is 4.96. The number of morpholine rings is 1. The number of carbonyl (C=O) groups excluding carboxylic acids is 1. The van der Waals surface area contributed by atoms with E-state index in [1.165, 1.54) is 25.7 Å². The highest BCUT2D eigenvalue weighted by Crippen LogP contribution is 2.32. The van der Waals surface area contributed by atoms with Crippen LogP contribution < -0.4 is 14.8 Å². The summed E-state index contributed by atoms with van der Waals surface area (Å²) in [4.78, 5) is 17.5. The molecule has 1 aromatic rings. The van der Waals surface area contributed by atoms with Gasteiger partial charge in [0, 0.05) is 38.8 Å². The smallest absolute Gasteiger partial charge is 0.234 e. The maximum atomic E-state index is 12.6. The van der Waals surface area contributed by atoms with Gasteiger partial charge in [-0.3, -0.25) is 14.6 Å². The van der Waals surface area contributed by atoms with Crippen molar-refractivity contribution in [2.45, 2.75) is 38.3 Å². The zero-order chi connectivity index (χ0) is 19.2. The molecule has 0 unspecified atom stereocenters. The minimum absolute atomic E-state index is 0.0894. The number of hydrogen-bond donors (Lipinski definition) is 1. The highest BCUT2D eigenvalue weighted by Gasteiger charge is 2.25. The standard InChI is InChI=1S/C21H31N3O4/c25-21(22-14-17-5-6-19-20(13-17)28-16-27-19)15-24(18-3-1-2-4-18)8-7-23-9-11-26-12-10-23/h5-6,13,18H,1-4,7-12,14-16H2,(H,22,25). The zero-order valence-corrected chi connectivity index (χ0v) is 16.5. The maximum Gasteiger partial charge on any atom is 0.234 e. The molecule has 7 nitrogen and oxygen atoms in total. The van der Waals surface area contributed by atoms with Gasteiger partial charge in [-0.2, -0.15) is 0 Å². The normalized spacial score (nSPS) is 20.0. The van der Waals surface area contributed by atoms with Crippen LogP contribution in [0.5, 0.6) is 11.5 Å². The van der Waals surface area contributed by atoms with E-state index in [1.54, 1.807) is 0 Å². The average molecular weight is 389 g/mol. The Balaban J connectivity index is 1.27. The highest BCUT2D eigenvalue weighted by molar-refractivity contribution is 5.78. The van der Waals surface area contributed by atoms with Gasteiger partial charge in [0.05, 0.1) is 19.8 Å². The minimum Gasteiger partial charge on any atom is -0.454 e. The summed E-state index contributed by atoms with van der Waals surface area (Å²) in [5.74, 6) is 1.61. The van der Waals surface area contributed by atoms with Crippen molar-refractivity contribution in [1.29, 1.82) is 0 Å². The average Bonchev–Trinajstić information content (AvgIpc) is 3.41. The van der Waals surface area contributed by atoms with E-state index < -0.39 is 0 Å². The van der Waals surface area contributed by atoms with E-state index in [0.717, 1.165) is 56.5 Å². The lowest BCUT2D eigenvalue weighted by atomic mass is 10.2. The van der Waals surface area contributed by atoms with Crippen LogP contribution in [0.1, 0.15) is 31.2 Å². The molecule has 1 aliphatic carbocycles. The number of nitrogens with zero attached hydrogens (tertiary/aromatic N) is 2. The van der Waals surface area contributed by atoms with Gasteiger partial charge in [0.25, 0.3) is 0 Å². The molecule has 1 amide bonds. The van der Waals surface area contributed by atoms with Gasteiger partial charge in [0.15, 0.2) is 11.5 Å². The second-order valence-electron chi connectivity index (χ2n) is 7.83. The van der Waals surface area contributed by atoms with Gasteiger partial charge in [-0.1, -0.05) is 18.9 Å². The van der Waals surface area contributed by atoms with Crippen LogP contribution in [0.3, 0.4) is 0 Å². The number of hydrogen-bond acceptors (Lipinski definition) is 6. The van der Waals surface area contributed by atoms with Crippen LogP contribution in [-0.2, 0) is 16.1 Å². The van der Waals surface area contributed by atoms with E-state index in [2.05, 4.69) is 15.1 Å². The molecule has 3 aliphatic rings. The molecule has 0 aromatic heterocycles. The van der Waals surface area contributed by atoms with Crippen LogP contribution >= 0.6 is 0 Å². The molecule has 2 fully saturated rings. The van der Waals surface area contributed by atoms with Gasteiger partial charge in [0.1, 0.15) is 0 Å². The first kappa shape index (κ1) is 19.5. The molecular formula is C21H31N3O4. The van der Waals surface area contributed by atoms with Gasteiger partial charge in [0.2, 0.25) is 12.7 Å². The molecule has 4 rings (SSSR count). The number of rotatable bonds is 8. The number of amides is 1. The Kier molecular flexibility index (Phi) is 6.67. The van der Waals surface area contributed by atoms with Crippen molar-refractivity contribution in [2.75, 3.05) is 52.7 Å². The molecule has 1 aromatic carbocycles. The Labute approximate surface area is 166 Å². The monoisotopic (exact) mass is 389 g/mol. The van der Waals surface area contributed by atoms with Crippen molar-refractivity contribution in [3.05, 3.63) is 23.8 Å².